The van der Waals surface area contributed by atoms with Gasteiger partial charge in [0, 0.05) is 6.20 Å². The Morgan fingerprint density at radius 1 is 1.13 bits per heavy atom. The number of nitrogen functional groups attached to an aromatic ring is 1. The maximum Gasteiger partial charge on any atom is 0.255 e. The van der Waals surface area contributed by atoms with E-state index in [1.54, 1.807) is 6.92 Å². The number of carbonyl (C=O) groups is 1. The number of carbonyl (C=O) groups excluding carboxylic acids is 1. The Balaban J connectivity index is 1.58. The summed E-state index contributed by atoms with van der Waals surface area (Å²) >= 11 is 0. The van der Waals surface area contributed by atoms with Gasteiger partial charge in [-0.3, -0.25) is 4.79 Å². The van der Waals surface area contributed by atoms with E-state index in [0.29, 0.717) is 30.2 Å². The van der Waals surface area contributed by atoms with E-state index in [-0.39, 0.29) is 17.9 Å². The van der Waals surface area contributed by atoms with E-state index in [1.165, 1.54) is 11.8 Å². The molecule has 154 valence electrons. The molecule has 7 nitrogen and oxygen atoms in total. The molecule has 0 spiro atoms. The minimum absolute atomic E-state index is 0.150. The van der Waals surface area contributed by atoms with Gasteiger partial charge in [-0.2, -0.15) is 0 Å². The van der Waals surface area contributed by atoms with Crippen LogP contribution in [0.1, 0.15) is 39.6 Å². The van der Waals surface area contributed by atoms with Crippen LogP contribution in [0.4, 0.5) is 5.95 Å². The lowest BCUT2D eigenvalue weighted by Gasteiger charge is -2.23. The molecular weight excluding hydrogens is 380 g/mol. The fourth-order valence-electron chi connectivity index (χ4n) is 3.50. The van der Waals surface area contributed by atoms with Gasteiger partial charge in [0.1, 0.15) is 13.2 Å². The molecule has 30 heavy (non-hydrogen) atoms. The Labute approximate surface area is 175 Å². The summed E-state index contributed by atoms with van der Waals surface area (Å²) in [5, 5.41) is 3.13. The molecular formula is C23H24N4O3. The Bertz CT molecular complexity index is 1040. The van der Waals surface area contributed by atoms with Crippen molar-refractivity contribution >= 4 is 11.9 Å². The van der Waals surface area contributed by atoms with Crippen molar-refractivity contribution in [1.29, 1.82) is 0 Å². The first-order valence-corrected chi connectivity index (χ1v) is 9.93. The van der Waals surface area contributed by atoms with Gasteiger partial charge in [-0.15, -0.1) is 0 Å². The molecule has 0 saturated carbocycles. The maximum atomic E-state index is 13.0. The van der Waals surface area contributed by atoms with Crippen LogP contribution in [-0.2, 0) is 6.42 Å². The number of nitrogens with zero attached hydrogens (tertiary/aromatic N) is 2. The normalized spacial score (nSPS) is 13.5. The smallest absolute Gasteiger partial charge is 0.255 e. The molecule has 0 fully saturated rings. The second-order valence-corrected chi connectivity index (χ2v) is 7.18. The van der Waals surface area contributed by atoms with Gasteiger partial charge in [0.15, 0.2) is 11.5 Å². The van der Waals surface area contributed by atoms with Crippen LogP contribution in [-0.4, -0.2) is 29.1 Å². The van der Waals surface area contributed by atoms with Gasteiger partial charge in [-0.05, 0) is 43.0 Å². The quantitative estimate of drug-likeness (QED) is 0.654. The third-order valence-corrected chi connectivity index (χ3v) is 5.08. The fraction of sp³-hybridized carbons (Fsp3) is 0.261. The lowest BCUT2D eigenvalue weighted by Crippen LogP contribution is -2.30. The summed E-state index contributed by atoms with van der Waals surface area (Å²) in [5.74, 6) is 1.34. The lowest BCUT2D eigenvalue weighted by atomic mass is 9.98. The van der Waals surface area contributed by atoms with Crippen LogP contribution in [0.2, 0.25) is 0 Å². The highest BCUT2D eigenvalue weighted by molar-refractivity contribution is 5.95. The minimum atomic E-state index is -0.236. The SMILES string of the molecule is Cc1nc(N)ncc1C(=O)NC(CCc1ccccc1)c1ccc2c(c1)OCCO2. The third kappa shape index (κ3) is 4.51. The highest BCUT2D eigenvalue weighted by atomic mass is 16.6. The molecule has 1 amide bonds. The van der Waals surface area contributed by atoms with E-state index >= 15 is 0 Å². The molecule has 0 saturated heterocycles. The van der Waals surface area contributed by atoms with E-state index in [9.17, 15) is 4.79 Å². The van der Waals surface area contributed by atoms with Crippen LogP contribution < -0.4 is 20.5 Å². The maximum absolute atomic E-state index is 13.0. The first kappa shape index (κ1) is 19.7. The summed E-state index contributed by atoms with van der Waals surface area (Å²) in [5.41, 5.74) is 8.74. The molecule has 1 aromatic heterocycles. The van der Waals surface area contributed by atoms with Crippen LogP contribution in [0.3, 0.4) is 0 Å². The predicted molar refractivity (Wildman–Crippen MR) is 114 cm³/mol. The average molecular weight is 404 g/mol. The van der Waals surface area contributed by atoms with Crippen LogP contribution in [0.5, 0.6) is 11.5 Å². The average Bonchev–Trinajstić information content (AvgIpc) is 2.77. The first-order valence-electron chi connectivity index (χ1n) is 9.93. The van der Waals surface area contributed by atoms with Gasteiger partial charge in [0.05, 0.1) is 17.3 Å². The van der Waals surface area contributed by atoms with E-state index in [1.807, 2.05) is 36.4 Å². The second-order valence-electron chi connectivity index (χ2n) is 7.18. The van der Waals surface area contributed by atoms with Crippen LogP contribution in [0.25, 0.3) is 0 Å². The van der Waals surface area contributed by atoms with Crippen molar-refractivity contribution in [3.05, 3.63) is 77.1 Å². The van der Waals surface area contributed by atoms with Crippen molar-refractivity contribution in [3.8, 4) is 11.5 Å². The molecule has 3 aromatic rings. The van der Waals surface area contributed by atoms with E-state index in [4.69, 9.17) is 15.2 Å². The zero-order valence-corrected chi connectivity index (χ0v) is 16.8. The Morgan fingerprint density at radius 2 is 1.90 bits per heavy atom. The van der Waals surface area contributed by atoms with Gasteiger partial charge in [-0.1, -0.05) is 36.4 Å². The minimum Gasteiger partial charge on any atom is -0.486 e. The number of aromatic nitrogens is 2. The fourth-order valence-corrected chi connectivity index (χ4v) is 3.50. The molecule has 2 aromatic carbocycles. The number of amides is 1. The molecule has 0 bridgehead atoms. The van der Waals surface area contributed by atoms with Gasteiger partial charge >= 0.3 is 0 Å². The highest BCUT2D eigenvalue weighted by Gasteiger charge is 2.21. The number of nitrogens with two attached hydrogens (primary N) is 1. The molecule has 1 unspecified atom stereocenters. The molecule has 7 heteroatoms. The Hall–Kier alpha value is -3.61. The van der Waals surface area contributed by atoms with E-state index in [0.717, 1.165) is 24.2 Å². The summed E-state index contributed by atoms with van der Waals surface area (Å²) < 4.78 is 11.4. The van der Waals surface area contributed by atoms with Crippen molar-refractivity contribution < 1.29 is 14.3 Å². The first-order chi connectivity index (χ1) is 14.6. The Kier molecular flexibility index (Phi) is 5.79. The molecule has 1 aliphatic rings. The molecule has 1 aliphatic heterocycles. The molecule has 4 rings (SSSR count). The highest BCUT2D eigenvalue weighted by Crippen LogP contribution is 2.33. The van der Waals surface area contributed by atoms with Crippen molar-refractivity contribution in [3.63, 3.8) is 0 Å². The number of hydrogen-bond donors (Lipinski definition) is 2. The summed E-state index contributed by atoms with van der Waals surface area (Å²) in [7, 11) is 0. The molecule has 0 radical (unpaired) electrons. The zero-order chi connectivity index (χ0) is 20.9. The van der Waals surface area contributed by atoms with Crippen molar-refractivity contribution in [2.45, 2.75) is 25.8 Å². The second kappa shape index (κ2) is 8.82. The van der Waals surface area contributed by atoms with E-state index < -0.39 is 0 Å². The third-order valence-electron chi connectivity index (χ3n) is 5.08. The van der Waals surface area contributed by atoms with Gasteiger partial charge in [0.25, 0.3) is 5.91 Å². The van der Waals surface area contributed by atoms with Crippen LogP contribution in [0, 0.1) is 6.92 Å². The predicted octanol–water partition coefficient (Wildman–Crippen LogP) is 3.24. The number of fused-ring (bicyclic) bond motifs is 1. The largest absolute Gasteiger partial charge is 0.486 e. The Morgan fingerprint density at radius 3 is 2.67 bits per heavy atom. The number of ether oxygens (including phenoxy) is 2. The number of benzene rings is 2. The van der Waals surface area contributed by atoms with Gasteiger partial charge in [0.2, 0.25) is 5.95 Å². The zero-order valence-electron chi connectivity index (χ0n) is 16.8. The lowest BCUT2D eigenvalue weighted by molar-refractivity contribution is 0.0933. The number of nitrogens with one attached hydrogen (secondary N) is 1. The molecule has 2 heterocycles. The van der Waals surface area contributed by atoms with E-state index in [2.05, 4.69) is 27.4 Å². The number of hydrogen-bond acceptors (Lipinski definition) is 6. The van der Waals surface area contributed by atoms with Gasteiger partial charge < -0.3 is 20.5 Å². The van der Waals surface area contributed by atoms with Gasteiger partial charge in [-0.25, -0.2) is 9.97 Å². The molecule has 1 atom stereocenters. The molecule has 3 N–H and O–H groups in total. The molecule has 0 aliphatic carbocycles. The summed E-state index contributed by atoms with van der Waals surface area (Å²) in [6.45, 7) is 2.80. The summed E-state index contributed by atoms with van der Waals surface area (Å²) in [4.78, 5) is 21.0. The van der Waals surface area contributed by atoms with Crippen LogP contribution >= 0.6 is 0 Å². The van der Waals surface area contributed by atoms with Crippen LogP contribution in [0.15, 0.2) is 54.7 Å². The monoisotopic (exact) mass is 404 g/mol. The standard InChI is InChI=1S/C23H24N4O3/c1-15-18(14-25-23(24)26-15)22(28)27-19(9-7-16-5-3-2-4-6-16)17-8-10-20-21(13-17)30-12-11-29-20/h2-6,8,10,13-14,19H,7,9,11-12H2,1H3,(H,27,28)(H2,24,25,26). The number of aryl methyl sites for hydroxylation is 2. The summed E-state index contributed by atoms with van der Waals surface area (Å²) in [6.07, 6.45) is 3.01. The number of anilines is 1. The van der Waals surface area contributed by atoms with Crippen molar-refractivity contribution in [2.24, 2.45) is 0 Å². The number of rotatable bonds is 6. The summed E-state index contributed by atoms with van der Waals surface area (Å²) in [6, 6.07) is 15.8. The van der Waals surface area contributed by atoms with Crippen molar-refractivity contribution in [1.82, 2.24) is 15.3 Å². The topological polar surface area (TPSA) is 99.4 Å². The van der Waals surface area contributed by atoms with Crippen molar-refractivity contribution in [2.75, 3.05) is 18.9 Å².